The molecule has 0 aliphatic heterocycles. The van der Waals surface area contributed by atoms with Gasteiger partial charge in [0, 0.05) is 11.9 Å². The van der Waals surface area contributed by atoms with Crippen LogP contribution < -0.4 is 0 Å². The van der Waals surface area contributed by atoms with Crippen LogP contribution in [0.25, 0.3) is 5.69 Å². The quantitative estimate of drug-likeness (QED) is 0.734. The fraction of sp³-hybridized carbons (Fsp3) is 0.250. The molecule has 0 saturated heterocycles. The summed E-state index contributed by atoms with van der Waals surface area (Å²) in [7, 11) is 0. The lowest BCUT2D eigenvalue weighted by Gasteiger charge is -2.01. The van der Waals surface area contributed by atoms with Crippen molar-refractivity contribution in [2.75, 3.05) is 0 Å². The van der Waals surface area contributed by atoms with Crippen molar-refractivity contribution >= 4 is 0 Å². The van der Waals surface area contributed by atoms with E-state index in [-0.39, 0.29) is 5.82 Å². The van der Waals surface area contributed by atoms with Gasteiger partial charge in [-0.25, -0.2) is 9.37 Å². The summed E-state index contributed by atoms with van der Waals surface area (Å²) >= 11 is 0. The van der Waals surface area contributed by atoms with E-state index < -0.39 is 0 Å². The molecule has 0 N–H and O–H groups in total. The third-order valence-corrected chi connectivity index (χ3v) is 2.30. The van der Waals surface area contributed by atoms with E-state index in [1.54, 1.807) is 12.4 Å². The zero-order chi connectivity index (χ0) is 10.8. The first-order valence-corrected chi connectivity index (χ1v) is 4.96. The Kier molecular flexibility index (Phi) is 2.54. The predicted octanol–water partition coefficient (Wildman–Crippen LogP) is 3.13. The maximum Gasteiger partial charge on any atom is 0.125 e. The summed E-state index contributed by atoms with van der Waals surface area (Å²) in [5.74, 6) is 0.159. The molecular formula is C12H13FN2. The number of hydrogen-bond donors (Lipinski definition) is 0. The summed E-state index contributed by atoms with van der Waals surface area (Å²) in [6.45, 7) is 4.16. The number of nitrogens with zero attached hydrogens (tertiary/aromatic N) is 2. The molecule has 0 aliphatic carbocycles. The largest absolute Gasteiger partial charge is 0.306 e. The molecule has 2 rings (SSSR count). The average molecular weight is 204 g/mol. The van der Waals surface area contributed by atoms with E-state index in [9.17, 15) is 4.39 Å². The van der Waals surface area contributed by atoms with E-state index in [2.05, 4.69) is 18.8 Å². The van der Waals surface area contributed by atoms with Gasteiger partial charge in [-0.05, 0) is 24.1 Å². The van der Waals surface area contributed by atoms with Crippen LogP contribution in [0, 0.1) is 5.82 Å². The van der Waals surface area contributed by atoms with E-state index in [1.165, 1.54) is 12.1 Å². The van der Waals surface area contributed by atoms with Gasteiger partial charge in [0.15, 0.2) is 0 Å². The molecule has 1 heterocycles. The number of halogens is 1. The van der Waals surface area contributed by atoms with E-state index >= 15 is 0 Å². The van der Waals surface area contributed by atoms with Crippen molar-refractivity contribution in [2.45, 2.75) is 19.8 Å². The smallest absolute Gasteiger partial charge is 0.125 e. The van der Waals surface area contributed by atoms with Gasteiger partial charge in [-0.2, -0.15) is 0 Å². The highest BCUT2D eigenvalue weighted by Crippen LogP contribution is 2.15. The van der Waals surface area contributed by atoms with Crippen LogP contribution in [0.4, 0.5) is 4.39 Å². The van der Waals surface area contributed by atoms with Crippen LogP contribution in [-0.4, -0.2) is 9.55 Å². The minimum atomic E-state index is -0.229. The van der Waals surface area contributed by atoms with Crippen LogP contribution in [0.1, 0.15) is 25.5 Å². The van der Waals surface area contributed by atoms with Crippen LogP contribution in [-0.2, 0) is 0 Å². The Morgan fingerprint density at radius 3 is 2.73 bits per heavy atom. The summed E-state index contributed by atoms with van der Waals surface area (Å²) in [6, 6.07) is 6.48. The number of imidazole rings is 1. The molecule has 15 heavy (non-hydrogen) atoms. The molecule has 0 fully saturated rings. The van der Waals surface area contributed by atoms with Gasteiger partial charge in [-0.1, -0.05) is 19.9 Å². The molecule has 0 spiro atoms. The van der Waals surface area contributed by atoms with Crippen LogP contribution >= 0.6 is 0 Å². The molecule has 2 aromatic rings. The van der Waals surface area contributed by atoms with Crippen LogP contribution in [0.15, 0.2) is 36.8 Å². The number of benzene rings is 1. The molecule has 1 aromatic carbocycles. The summed E-state index contributed by atoms with van der Waals surface area (Å²) < 4.78 is 14.8. The van der Waals surface area contributed by atoms with Crippen LogP contribution in [0.2, 0.25) is 0 Å². The van der Waals surface area contributed by atoms with Gasteiger partial charge < -0.3 is 4.57 Å². The second-order valence-electron chi connectivity index (χ2n) is 3.84. The monoisotopic (exact) mass is 204 g/mol. The molecule has 2 nitrogen and oxygen atoms in total. The molecule has 0 unspecified atom stereocenters. The van der Waals surface area contributed by atoms with Crippen molar-refractivity contribution in [3.63, 3.8) is 0 Å². The Morgan fingerprint density at radius 1 is 1.33 bits per heavy atom. The lowest BCUT2D eigenvalue weighted by atomic mass is 10.2. The second kappa shape index (κ2) is 3.85. The zero-order valence-corrected chi connectivity index (χ0v) is 8.81. The number of rotatable bonds is 2. The van der Waals surface area contributed by atoms with E-state index in [1.807, 2.05) is 16.8 Å². The molecule has 78 valence electrons. The molecule has 0 aliphatic rings. The van der Waals surface area contributed by atoms with Gasteiger partial charge in [0.05, 0.1) is 12.0 Å². The average Bonchev–Trinajstić information content (AvgIpc) is 2.66. The van der Waals surface area contributed by atoms with Crippen LogP contribution in [0.5, 0.6) is 0 Å². The molecule has 0 saturated carbocycles. The lowest BCUT2D eigenvalue weighted by Crippen LogP contribution is -1.91. The third-order valence-electron chi connectivity index (χ3n) is 2.30. The van der Waals surface area contributed by atoms with Crippen molar-refractivity contribution < 1.29 is 4.39 Å². The Hall–Kier alpha value is -1.64. The Bertz CT molecular complexity index is 460. The number of hydrogen-bond acceptors (Lipinski definition) is 1. The van der Waals surface area contributed by atoms with Gasteiger partial charge in [0.25, 0.3) is 0 Å². The van der Waals surface area contributed by atoms with Crippen molar-refractivity contribution in [3.8, 4) is 5.69 Å². The number of aromatic nitrogens is 2. The van der Waals surface area contributed by atoms with Crippen molar-refractivity contribution in [3.05, 3.63) is 48.3 Å². The normalized spacial score (nSPS) is 10.9. The first-order chi connectivity index (χ1) is 7.16. The first-order valence-electron chi connectivity index (χ1n) is 4.96. The maximum absolute atomic E-state index is 13.0. The van der Waals surface area contributed by atoms with Crippen molar-refractivity contribution in [1.82, 2.24) is 9.55 Å². The van der Waals surface area contributed by atoms with Gasteiger partial charge in [-0.3, -0.25) is 0 Å². The molecule has 0 bridgehead atoms. The molecule has 0 radical (unpaired) electrons. The predicted molar refractivity (Wildman–Crippen MR) is 57.6 cm³/mol. The molecule has 3 heteroatoms. The van der Waals surface area contributed by atoms with Crippen molar-refractivity contribution in [2.24, 2.45) is 0 Å². The fourth-order valence-electron chi connectivity index (χ4n) is 1.41. The summed E-state index contributed by atoms with van der Waals surface area (Å²) in [5, 5.41) is 0. The summed E-state index contributed by atoms with van der Waals surface area (Å²) in [5.41, 5.74) is 1.81. The Morgan fingerprint density at radius 2 is 2.13 bits per heavy atom. The van der Waals surface area contributed by atoms with E-state index in [0.717, 1.165) is 11.4 Å². The first kappa shape index (κ1) is 9.90. The summed E-state index contributed by atoms with van der Waals surface area (Å²) in [6.07, 6.45) is 3.64. The van der Waals surface area contributed by atoms with Crippen molar-refractivity contribution in [1.29, 1.82) is 0 Å². The minimum Gasteiger partial charge on any atom is -0.306 e. The molecule has 0 amide bonds. The highest BCUT2D eigenvalue weighted by molar-refractivity contribution is 5.32. The lowest BCUT2D eigenvalue weighted by molar-refractivity contribution is 0.626. The zero-order valence-electron chi connectivity index (χ0n) is 8.81. The molecule has 0 atom stereocenters. The van der Waals surface area contributed by atoms with E-state index in [0.29, 0.717) is 5.92 Å². The molecule has 1 aromatic heterocycles. The van der Waals surface area contributed by atoms with Gasteiger partial charge in [0.2, 0.25) is 0 Å². The van der Waals surface area contributed by atoms with Gasteiger partial charge >= 0.3 is 0 Å². The third kappa shape index (κ3) is 2.06. The highest BCUT2D eigenvalue weighted by atomic mass is 19.1. The van der Waals surface area contributed by atoms with Gasteiger partial charge in [-0.15, -0.1) is 0 Å². The maximum atomic E-state index is 13.0. The second-order valence-corrected chi connectivity index (χ2v) is 3.84. The standard InChI is InChI=1S/C12H13FN2/c1-9(2)12-7-15(8-14-12)11-5-3-4-10(13)6-11/h3-9H,1-2H3. The Balaban J connectivity index is 2.37. The molecular weight excluding hydrogens is 191 g/mol. The van der Waals surface area contributed by atoms with Crippen LogP contribution in [0.3, 0.4) is 0 Å². The topological polar surface area (TPSA) is 17.8 Å². The Labute approximate surface area is 88.4 Å². The SMILES string of the molecule is CC(C)c1cn(-c2cccc(F)c2)cn1. The minimum absolute atomic E-state index is 0.229. The fourth-order valence-corrected chi connectivity index (χ4v) is 1.41. The van der Waals surface area contributed by atoms with E-state index in [4.69, 9.17) is 0 Å². The van der Waals surface area contributed by atoms with Gasteiger partial charge in [0.1, 0.15) is 5.82 Å². The summed E-state index contributed by atoms with van der Waals surface area (Å²) in [4.78, 5) is 4.26. The highest BCUT2D eigenvalue weighted by Gasteiger charge is 2.04.